The van der Waals surface area contributed by atoms with E-state index < -0.39 is 6.17 Å². The molecule has 1 saturated heterocycles. The van der Waals surface area contributed by atoms with Crippen LogP contribution in [0.3, 0.4) is 0 Å². The molecule has 10 heteroatoms. The lowest BCUT2D eigenvalue weighted by Gasteiger charge is -2.36. The smallest absolute Gasteiger partial charge is 0.254 e. The van der Waals surface area contributed by atoms with Crippen LogP contribution in [0.4, 0.5) is 5.69 Å². The van der Waals surface area contributed by atoms with Crippen LogP contribution in [0.1, 0.15) is 50.9 Å². The fourth-order valence-corrected chi connectivity index (χ4v) is 4.95. The van der Waals surface area contributed by atoms with Crippen LogP contribution in [0.25, 0.3) is 11.3 Å². The molecule has 2 atom stereocenters. The molecule has 1 aliphatic carbocycles. The molecule has 3 aromatic heterocycles. The first kappa shape index (κ1) is 24.0. The number of hydrogen-bond acceptors (Lipinski definition) is 8. The van der Waals surface area contributed by atoms with Gasteiger partial charge in [-0.1, -0.05) is 11.6 Å². The molecule has 1 saturated carbocycles. The van der Waals surface area contributed by atoms with E-state index in [2.05, 4.69) is 31.6 Å². The quantitative estimate of drug-likeness (QED) is 0.515. The third-order valence-corrected chi connectivity index (χ3v) is 7.41. The van der Waals surface area contributed by atoms with E-state index in [9.17, 15) is 10.1 Å². The second-order valence-electron chi connectivity index (χ2n) is 9.72. The number of nitrogens with zero attached hydrogens (tertiary/aromatic N) is 7. The lowest BCUT2D eigenvalue weighted by atomic mass is 9.85. The number of pyridine rings is 2. The van der Waals surface area contributed by atoms with Crippen LogP contribution in [-0.2, 0) is 0 Å². The summed E-state index contributed by atoms with van der Waals surface area (Å²) in [4.78, 5) is 19.5. The van der Waals surface area contributed by atoms with Crippen molar-refractivity contribution in [1.82, 2.24) is 29.9 Å². The molecule has 0 radical (unpaired) electrons. The summed E-state index contributed by atoms with van der Waals surface area (Å²) in [5.41, 5.74) is 2.12. The second kappa shape index (κ2) is 10.5. The van der Waals surface area contributed by atoms with Crippen molar-refractivity contribution in [3.05, 3.63) is 52.8 Å². The largest absolute Gasteiger partial charge is 0.495 e. The van der Waals surface area contributed by atoms with Gasteiger partial charge in [0.2, 0.25) is 0 Å². The highest BCUT2D eigenvalue weighted by atomic mass is 16.5. The fraction of sp³-hybridized carbons (Fsp3) is 0.500. The van der Waals surface area contributed by atoms with E-state index in [0.717, 1.165) is 37.7 Å². The van der Waals surface area contributed by atoms with E-state index in [1.54, 1.807) is 27.6 Å². The van der Waals surface area contributed by atoms with Gasteiger partial charge in [0, 0.05) is 42.6 Å². The molecule has 2 fully saturated rings. The van der Waals surface area contributed by atoms with Crippen LogP contribution in [0.5, 0.6) is 5.75 Å². The molecule has 2 aliphatic rings. The number of aromatic nitrogens is 5. The van der Waals surface area contributed by atoms with Crippen LogP contribution >= 0.6 is 0 Å². The summed E-state index contributed by atoms with van der Waals surface area (Å²) in [6.45, 7) is 4.88. The first-order chi connectivity index (χ1) is 17.6. The Morgan fingerprint density at radius 2 is 2.14 bits per heavy atom. The summed E-state index contributed by atoms with van der Waals surface area (Å²) in [5, 5.41) is 21.6. The van der Waals surface area contributed by atoms with Crippen molar-refractivity contribution in [3.8, 4) is 23.1 Å². The lowest BCUT2D eigenvalue weighted by Crippen LogP contribution is -2.47. The molecule has 0 aromatic carbocycles. The highest BCUT2D eigenvalue weighted by molar-refractivity contribution is 5.65. The van der Waals surface area contributed by atoms with Crippen molar-refractivity contribution < 1.29 is 4.74 Å². The zero-order chi connectivity index (χ0) is 25.1. The summed E-state index contributed by atoms with van der Waals surface area (Å²) in [7, 11) is 1.54. The van der Waals surface area contributed by atoms with Gasteiger partial charge in [-0.25, -0.2) is 9.67 Å². The minimum atomic E-state index is -0.393. The summed E-state index contributed by atoms with van der Waals surface area (Å²) in [6, 6.07) is 7.97. The average Bonchev–Trinajstić information content (AvgIpc) is 3.37. The first-order valence-electron chi connectivity index (χ1n) is 12.6. The lowest BCUT2D eigenvalue weighted by molar-refractivity contribution is 0.280. The van der Waals surface area contributed by atoms with Gasteiger partial charge in [0.05, 0.1) is 19.5 Å². The number of hydrogen-bond donors (Lipinski definition) is 1. The van der Waals surface area contributed by atoms with Crippen LogP contribution in [0.15, 0.2) is 41.6 Å². The zero-order valence-corrected chi connectivity index (χ0v) is 20.8. The molecule has 1 aliphatic heterocycles. The van der Waals surface area contributed by atoms with Crippen molar-refractivity contribution in [2.24, 2.45) is 5.92 Å². The Kier molecular flexibility index (Phi) is 7.00. The number of methoxy groups -OCH3 is 1. The van der Waals surface area contributed by atoms with Crippen LogP contribution in [0, 0.1) is 17.2 Å². The Morgan fingerprint density at radius 1 is 1.28 bits per heavy atom. The topological polar surface area (TPSA) is 114 Å². The molecule has 1 N–H and O–H groups in total. The van der Waals surface area contributed by atoms with Gasteiger partial charge in [0.25, 0.3) is 5.56 Å². The number of nitrogens with one attached hydrogen (secondary N) is 1. The Morgan fingerprint density at radius 3 is 2.86 bits per heavy atom. The number of ether oxygens (including phenoxy) is 1. The molecule has 188 valence electrons. The summed E-state index contributed by atoms with van der Waals surface area (Å²) in [6.07, 6.45) is 11.0. The van der Waals surface area contributed by atoms with Crippen molar-refractivity contribution >= 4 is 5.69 Å². The normalized spacial score (nSPS) is 18.9. The number of piperidine rings is 1. The summed E-state index contributed by atoms with van der Waals surface area (Å²) < 4.78 is 8.48. The third kappa shape index (κ3) is 4.97. The maximum absolute atomic E-state index is 13.1. The van der Waals surface area contributed by atoms with Crippen LogP contribution < -0.4 is 20.5 Å². The monoisotopic (exact) mass is 488 g/mol. The second-order valence-corrected chi connectivity index (χ2v) is 9.72. The van der Waals surface area contributed by atoms with E-state index in [4.69, 9.17) is 4.74 Å². The predicted molar refractivity (Wildman–Crippen MR) is 136 cm³/mol. The van der Waals surface area contributed by atoms with Crippen LogP contribution in [0.2, 0.25) is 0 Å². The molecule has 0 bridgehead atoms. The molecular weight excluding hydrogens is 456 g/mol. The molecule has 0 amide bonds. The molecule has 3 aromatic rings. The van der Waals surface area contributed by atoms with Gasteiger partial charge in [0.1, 0.15) is 29.4 Å². The summed E-state index contributed by atoms with van der Waals surface area (Å²) in [5.74, 6) is 1.37. The Balaban J connectivity index is 1.30. The van der Waals surface area contributed by atoms with Crippen molar-refractivity contribution in [3.63, 3.8) is 0 Å². The number of nitriles is 1. The maximum Gasteiger partial charge on any atom is 0.254 e. The third-order valence-electron chi connectivity index (χ3n) is 7.41. The predicted octanol–water partition coefficient (Wildman–Crippen LogP) is 2.81. The molecule has 1 unspecified atom stereocenters. The van der Waals surface area contributed by atoms with E-state index in [-0.39, 0.29) is 11.3 Å². The highest BCUT2D eigenvalue weighted by Crippen LogP contribution is 2.27. The minimum absolute atomic E-state index is 0.0950. The van der Waals surface area contributed by atoms with Crippen molar-refractivity contribution in [2.45, 2.75) is 51.2 Å². The standard InChI is InChI=1S/C26H32N8O2/c1-18(34-17-25(30-31-34)23-12-22(36-2)15-29-24(23)13-27)33-10-8-21(11-26(33)35)32-9-4-7-20(16-32)28-14-19-5-3-6-19/h8,10-12,15,17-20,28H,3-7,9,14,16H2,1-2H3/t18?,20-/m1/s1. The Hall–Kier alpha value is -3.71. The van der Waals surface area contributed by atoms with E-state index in [0.29, 0.717) is 23.0 Å². The molecular formula is C26H32N8O2. The van der Waals surface area contributed by atoms with Crippen LogP contribution in [-0.4, -0.2) is 57.3 Å². The van der Waals surface area contributed by atoms with Gasteiger partial charge >= 0.3 is 0 Å². The molecule has 36 heavy (non-hydrogen) atoms. The van der Waals surface area contributed by atoms with Gasteiger partial charge in [-0.05, 0) is 57.2 Å². The van der Waals surface area contributed by atoms with Crippen molar-refractivity contribution in [1.29, 1.82) is 5.26 Å². The van der Waals surface area contributed by atoms with E-state index in [1.165, 1.54) is 39.0 Å². The van der Waals surface area contributed by atoms with E-state index >= 15 is 0 Å². The number of rotatable bonds is 8. The van der Waals surface area contributed by atoms with Gasteiger partial charge in [-0.15, -0.1) is 5.10 Å². The SMILES string of the molecule is COc1cnc(C#N)c(-c2cn(C(C)n3ccc(N4CCC[C@@H](NCC5CCC5)C4)cc3=O)nn2)c1. The minimum Gasteiger partial charge on any atom is -0.495 e. The van der Waals surface area contributed by atoms with Gasteiger partial charge in [0.15, 0.2) is 0 Å². The Labute approximate surface area is 210 Å². The molecule has 0 spiro atoms. The fourth-order valence-electron chi connectivity index (χ4n) is 4.95. The molecule has 10 nitrogen and oxygen atoms in total. The average molecular weight is 489 g/mol. The molecule has 4 heterocycles. The number of anilines is 1. The first-order valence-corrected chi connectivity index (χ1v) is 12.6. The summed E-state index contributed by atoms with van der Waals surface area (Å²) >= 11 is 0. The maximum atomic E-state index is 13.1. The molecule has 5 rings (SSSR count). The Bertz CT molecular complexity index is 1310. The highest BCUT2D eigenvalue weighted by Gasteiger charge is 2.24. The van der Waals surface area contributed by atoms with E-state index in [1.807, 2.05) is 19.2 Å². The van der Waals surface area contributed by atoms with Gasteiger partial charge < -0.3 is 15.0 Å². The van der Waals surface area contributed by atoms with Crippen molar-refractivity contribution in [2.75, 3.05) is 31.6 Å². The van der Waals surface area contributed by atoms with Gasteiger partial charge in [-0.3, -0.25) is 9.36 Å². The van der Waals surface area contributed by atoms with Gasteiger partial charge in [-0.2, -0.15) is 5.26 Å². The zero-order valence-electron chi connectivity index (χ0n) is 20.8.